The highest BCUT2D eigenvalue weighted by molar-refractivity contribution is 5.32. The third kappa shape index (κ3) is 4.71. The molecule has 1 nitrogen and oxygen atoms in total. The highest BCUT2D eigenvalue weighted by Crippen LogP contribution is 2.23. The fourth-order valence-electron chi connectivity index (χ4n) is 2.49. The number of hydrogen-bond acceptors (Lipinski definition) is 1. The van der Waals surface area contributed by atoms with E-state index >= 15 is 0 Å². The quantitative estimate of drug-likeness (QED) is 0.775. The van der Waals surface area contributed by atoms with E-state index in [2.05, 4.69) is 86.8 Å². The Morgan fingerprint density at radius 2 is 1.19 bits per heavy atom. The minimum Gasteiger partial charge on any atom is -0.316 e. The van der Waals surface area contributed by atoms with Crippen LogP contribution < -0.4 is 5.32 Å². The van der Waals surface area contributed by atoms with E-state index in [0.29, 0.717) is 11.8 Å². The Bertz CT molecular complexity index is 464. The van der Waals surface area contributed by atoms with Crippen LogP contribution in [0.5, 0.6) is 0 Å². The molecule has 0 aromatic heterocycles. The lowest BCUT2D eigenvalue weighted by Crippen LogP contribution is -2.28. The van der Waals surface area contributed by atoms with Crippen molar-refractivity contribution in [2.45, 2.75) is 26.7 Å². The molecule has 1 unspecified atom stereocenters. The van der Waals surface area contributed by atoms with Crippen molar-refractivity contribution in [3.05, 3.63) is 71.8 Å². The second-order valence-corrected chi connectivity index (χ2v) is 6.25. The van der Waals surface area contributed by atoms with Crippen molar-refractivity contribution in [3.63, 3.8) is 0 Å². The average Bonchev–Trinajstić information content (AvgIpc) is 2.53. The van der Waals surface area contributed by atoms with Gasteiger partial charge in [0.1, 0.15) is 0 Å². The summed E-state index contributed by atoms with van der Waals surface area (Å²) in [5, 5.41) is 3.66. The molecule has 2 aromatic rings. The lowest BCUT2D eigenvalue weighted by Gasteiger charge is -2.21. The lowest BCUT2D eigenvalue weighted by molar-refractivity contribution is 0.391. The summed E-state index contributed by atoms with van der Waals surface area (Å²) in [6.45, 7) is 8.97. The molecule has 0 saturated heterocycles. The van der Waals surface area contributed by atoms with Crippen molar-refractivity contribution in [2.75, 3.05) is 13.1 Å². The molecule has 1 heteroatoms. The van der Waals surface area contributed by atoms with Gasteiger partial charge in [-0.15, -0.1) is 0 Å². The molecule has 0 spiro atoms. The molecule has 0 heterocycles. The molecule has 0 amide bonds. The average molecular weight is 281 g/mol. The molecule has 112 valence electrons. The topological polar surface area (TPSA) is 12.0 Å². The van der Waals surface area contributed by atoms with Crippen LogP contribution in [0.3, 0.4) is 0 Å². The Morgan fingerprint density at radius 3 is 1.62 bits per heavy atom. The molecule has 1 N–H and O–H groups in total. The maximum absolute atomic E-state index is 3.66. The van der Waals surface area contributed by atoms with E-state index in [-0.39, 0.29) is 0 Å². The molecule has 21 heavy (non-hydrogen) atoms. The van der Waals surface area contributed by atoms with Crippen LogP contribution in [0.1, 0.15) is 37.8 Å². The zero-order valence-electron chi connectivity index (χ0n) is 13.4. The van der Waals surface area contributed by atoms with E-state index in [1.54, 1.807) is 0 Å². The van der Waals surface area contributed by atoms with Gasteiger partial charge in [0.25, 0.3) is 0 Å². The molecule has 0 saturated carbocycles. The first-order valence-corrected chi connectivity index (χ1v) is 7.99. The lowest BCUT2D eigenvalue weighted by atomic mass is 9.91. The Hall–Kier alpha value is -1.60. The van der Waals surface area contributed by atoms with Gasteiger partial charge in [0.05, 0.1) is 0 Å². The first kappa shape index (κ1) is 15.8. The van der Waals surface area contributed by atoms with E-state index in [1.807, 2.05) is 0 Å². The predicted octanol–water partition coefficient (Wildman–Crippen LogP) is 4.70. The van der Waals surface area contributed by atoms with Crippen molar-refractivity contribution in [1.82, 2.24) is 5.32 Å². The van der Waals surface area contributed by atoms with E-state index in [0.717, 1.165) is 19.0 Å². The number of nitrogens with one attached hydrogen (secondary N) is 1. The van der Waals surface area contributed by atoms with Crippen LogP contribution in [0, 0.1) is 11.8 Å². The molecule has 0 radical (unpaired) electrons. The summed E-state index contributed by atoms with van der Waals surface area (Å²) < 4.78 is 0. The van der Waals surface area contributed by atoms with Crippen molar-refractivity contribution in [2.24, 2.45) is 11.8 Å². The minimum atomic E-state index is 0.423. The van der Waals surface area contributed by atoms with Gasteiger partial charge in [0, 0.05) is 12.5 Å². The molecular formula is C20H27N. The Balaban J connectivity index is 2.07. The molecule has 0 aliphatic carbocycles. The summed E-state index contributed by atoms with van der Waals surface area (Å²) in [6.07, 6.45) is 0. The summed E-state index contributed by atoms with van der Waals surface area (Å²) >= 11 is 0. The Labute approximate surface area is 129 Å². The van der Waals surface area contributed by atoms with Gasteiger partial charge < -0.3 is 5.32 Å². The third-order valence-corrected chi connectivity index (χ3v) is 4.36. The normalized spacial score (nSPS) is 12.8. The van der Waals surface area contributed by atoms with Gasteiger partial charge in [-0.1, -0.05) is 81.4 Å². The second-order valence-electron chi connectivity index (χ2n) is 6.25. The molecular weight excluding hydrogens is 254 g/mol. The summed E-state index contributed by atoms with van der Waals surface area (Å²) in [6, 6.07) is 21.6. The van der Waals surface area contributed by atoms with Gasteiger partial charge in [-0.05, 0) is 29.5 Å². The number of benzene rings is 2. The van der Waals surface area contributed by atoms with Crippen molar-refractivity contribution in [1.29, 1.82) is 0 Å². The SMILES string of the molecule is CC(C)C(C)CNCC(c1ccccc1)c1ccccc1. The van der Waals surface area contributed by atoms with Crippen molar-refractivity contribution in [3.8, 4) is 0 Å². The van der Waals surface area contributed by atoms with Gasteiger partial charge in [-0.2, -0.15) is 0 Å². The monoisotopic (exact) mass is 281 g/mol. The van der Waals surface area contributed by atoms with E-state index in [4.69, 9.17) is 0 Å². The maximum atomic E-state index is 3.66. The first-order chi connectivity index (χ1) is 10.2. The number of rotatable bonds is 7. The standard InChI is InChI=1S/C20H27N/c1-16(2)17(3)14-21-15-20(18-10-6-4-7-11-18)19-12-8-5-9-13-19/h4-13,16-17,20-21H,14-15H2,1-3H3. The zero-order valence-corrected chi connectivity index (χ0v) is 13.4. The highest BCUT2D eigenvalue weighted by Gasteiger charge is 2.14. The van der Waals surface area contributed by atoms with Crippen molar-refractivity contribution >= 4 is 0 Å². The van der Waals surface area contributed by atoms with Gasteiger partial charge >= 0.3 is 0 Å². The third-order valence-electron chi connectivity index (χ3n) is 4.36. The smallest absolute Gasteiger partial charge is 0.0214 e. The van der Waals surface area contributed by atoms with Crippen LogP contribution in [0.2, 0.25) is 0 Å². The predicted molar refractivity (Wildman–Crippen MR) is 91.6 cm³/mol. The molecule has 0 aliphatic rings. The van der Waals surface area contributed by atoms with Crippen LogP contribution in [0.4, 0.5) is 0 Å². The highest BCUT2D eigenvalue weighted by atomic mass is 14.9. The maximum Gasteiger partial charge on any atom is 0.0214 e. The fraction of sp³-hybridized carbons (Fsp3) is 0.400. The molecule has 1 atom stereocenters. The molecule has 0 aliphatic heterocycles. The summed E-state index contributed by atoms with van der Waals surface area (Å²) in [5.41, 5.74) is 2.77. The van der Waals surface area contributed by atoms with Crippen LogP contribution in [0.15, 0.2) is 60.7 Å². The minimum absolute atomic E-state index is 0.423. The second kappa shape index (κ2) is 7.99. The molecule has 2 rings (SSSR count). The van der Waals surface area contributed by atoms with Gasteiger partial charge in [-0.25, -0.2) is 0 Å². The zero-order chi connectivity index (χ0) is 15.1. The van der Waals surface area contributed by atoms with Crippen LogP contribution in [-0.4, -0.2) is 13.1 Å². The summed E-state index contributed by atoms with van der Waals surface area (Å²) in [4.78, 5) is 0. The Kier molecular flexibility index (Phi) is 6.01. The number of hydrogen-bond donors (Lipinski definition) is 1. The van der Waals surface area contributed by atoms with Crippen LogP contribution in [0.25, 0.3) is 0 Å². The Morgan fingerprint density at radius 1 is 0.714 bits per heavy atom. The van der Waals surface area contributed by atoms with Gasteiger partial charge in [0.15, 0.2) is 0 Å². The van der Waals surface area contributed by atoms with E-state index in [1.165, 1.54) is 11.1 Å². The largest absolute Gasteiger partial charge is 0.316 e. The van der Waals surface area contributed by atoms with E-state index < -0.39 is 0 Å². The summed E-state index contributed by atoms with van der Waals surface area (Å²) in [5.74, 6) is 1.85. The van der Waals surface area contributed by atoms with Crippen LogP contribution in [-0.2, 0) is 0 Å². The summed E-state index contributed by atoms with van der Waals surface area (Å²) in [7, 11) is 0. The fourth-order valence-corrected chi connectivity index (χ4v) is 2.49. The molecule has 0 bridgehead atoms. The van der Waals surface area contributed by atoms with Crippen molar-refractivity contribution < 1.29 is 0 Å². The van der Waals surface area contributed by atoms with Gasteiger partial charge in [-0.3, -0.25) is 0 Å². The first-order valence-electron chi connectivity index (χ1n) is 7.99. The van der Waals surface area contributed by atoms with Gasteiger partial charge in [0.2, 0.25) is 0 Å². The molecule has 2 aromatic carbocycles. The van der Waals surface area contributed by atoms with Crippen LogP contribution >= 0.6 is 0 Å². The van der Waals surface area contributed by atoms with E-state index in [9.17, 15) is 0 Å². The molecule has 0 fully saturated rings.